The number of halogens is 4. The molecule has 0 fully saturated rings. The molecule has 0 atom stereocenters. The maximum absolute atomic E-state index is 13.0. The normalized spacial score (nSPS) is 11.7. The molecular formula is C12H8ClF3N2O2. The molecule has 1 aromatic carbocycles. The second-order valence-corrected chi connectivity index (χ2v) is 4.46. The molecule has 2 rings (SSSR count). The van der Waals surface area contributed by atoms with Gasteiger partial charge in [0.05, 0.1) is 11.9 Å². The van der Waals surface area contributed by atoms with Gasteiger partial charge >= 0.3 is 12.1 Å². The van der Waals surface area contributed by atoms with Crippen LogP contribution in [0.4, 0.5) is 13.2 Å². The summed E-state index contributed by atoms with van der Waals surface area (Å²) < 4.78 is 39.6. The third kappa shape index (κ3) is 2.49. The molecule has 20 heavy (non-hydrogen) atoms. The van der Waals surface area contributed by atoms with Gasteiger partial charge in [-0.2, -0.15) is 18.3 Å². The number of benzene rings is 1. The predicted molar refractivity (Wildman–Crippen MR) is 65.3 cm³/mol. The third-order valence-electron chi connectivity index (χ3n) is 2.67. The summed E-state index contributed by atoms with van der Waals surface area (Å²) >= 11 is 5.86. The highest BCUT2D eigenvalue weighted by atomic mass is 35.5. The summed E-state index contributed by atoms with van der Waals surface area (Å²) in [5, 5.41) is 12.6. The van der Waals surface area contributed by atoms with Gasteiger partial charge in [0.15, 0.2) is 5.69 Å². The van der Waals surface area contributed by atoms with Crippen LogP contribution in [0.1, 0.15) is 21.6 Å². The van der Waals surface area contributed by atoms with Crippen molar-refractivity contribution < 1.29 is 23.1 Å². The van der Waals surface area contributed by atoms with Gasteiger partial charge in [0.1, 0.15) is 5.56 Å². The minimum Gasteiger partial charge on any atom is -0.478 e. The van der Waals surface area contributed by atoms with E-state index in [0.29, 0.717) is 16.4 Å². The van der Waals surface area contributed by atoms with Crippen LogP contribution in [0.3, 0.4) is 0 Å². The summed E-state index contributed by atoms with van der Waals surface area (Å²) in [7, 11) is 0. The Labute approximate surface area is 116 Å². The van der Waals surface area contributed by atoms with Gasteiger partial charge in [-0.1, -0.05) is 17.7 Å². The summed E-state index contributed by atoms with van der Waals surface area (Å²) in [4.78, 5) is 10.9. The number of aromatic carboxylic acids is 1. The molecule has 0 aliphatic heterocycles. The van der Waals surface area contributed by atoms with Gasteiger partial charge in [-0.15, -0.1) is 0 Å². The van der Waals surface area contributed by atoms with E-state index in [2.05, 4.69) is 5.10 Å². The molecule has 0 saturated carbocycles. The Hall–Kier alpha value is -2.02. The molecule has 2 aromatic rings. The van der Waals surface area contributed by atoms with Crippen molar-refractivity contribution in [3.8, 4) is 5.69 Å². The van der Waals surface area contributed by atoms with Crippen LogP contribution >= 0.6 is 11.6 Å². The Bertz CT molecular complexity index is 680. The first-order valence-corrected chi connectivity index (χ1v) is 5.74. The lowest BCUT2D eigenvalue weighted by Gasteiger charge is -2.12. The topological polar surface area (TPSA) is 55.1 Å². The molecule has 1 heterocycles. The maximum atomic E-state index is 13.0. The fourth-order valence-corrected chi connectivity index (χ4v) is 1.86. The fourth-order valence-electron chi connectivity index (χ4n) is 1.69. The third-order valence-corrected chi connectivity index (χ3v) is 3.08. The molecule has 0 bridgehead atoms. The molecule has 4 nitrogen and oxygen atoms in total. The lowest BCUT2D eigenvalue weighted by atomic mass is 10.2. The van der Waals surface area contributed by atoms with Gasteiger partial charge in [0.25, 0.3) is 0 Å². The predicted octanol–water partition coefficient (Wildman–Crippen LogP) is 3.55. The van der Waals surface area contributed by atoms with Gasteiger partial charge in [-0.25, -0.2) is 9.48 Å². The molecule has 0 amide bonds. The van der Waals surface area contributed by atoms with Crippen LogP contribution in [0.2, 0.25) is 5.02 Å². The van der Waals surface area contributed by atoms with Gasteiger partial charge in [-0.05, 0) is 24.6 Å². The van der Waals surface area contributed by atoms with Gasteiger partial charge in [0.2, 0.25) is 0 Å². The van der Waals surface area contributed by atoms with Crippen LogP contribution in [0.5, 0.6) is 0 Å². The number of carboxylic acids is 1. The van der Waals surface area contributed by atoms with Gasteiger partial charge in [0, 0.05) is 5.02 Å². The SMILES string of the molecule is Cc1ccc(-n2ncc(C(=O)O)c2C(F)(F)F)cc1Cl. The van der Waals surface area contributed by atoms with E-state index in [9.17, 15) is 18.0 Å². The van der Waals surface area contributed by atoms with E-state index in [1.54, 1.807) is 6.92 Å². The van der Waals surface area contributed by atoms with Crippen LogP contribution in [-0.4, -0.2) is 20.9 Å². The van der Waals surface area contributed by atoms with Crippen molar-refractivity contribution in [1.82, 2.24) is 9.78 Å². The Morgan fingerprint density at radius 2 is 2.05 bits per heavy atom. The largest absolute Gasteiger partial charge is 0.478 e. The number of aryl methyl sites for hydroxylation is 1. The Morgan fingerprint density at radius 3 is 2.55 bits per heavy atom. The minimum absolute atomic E-state index is 0.0421. The molecular weight excluding hydrogens is 297 g/mol. The molecule has 8 heteroatoms. The smallest absolute Gasteiger partial charge is 0.434 e. The average Bonchev–Trinajstić information content (AvgIpc) is 2.77. The fraction of sp³-hybridized carbons (Fsp3) is 0.167. The van der Waals surface area contributed by atoms with E-state index < -0.39 is 23.4 Å². The first-order chi connectivity index (χ1) is 9.21. The number of alkyl halides is 3. The molecule has 0 spiro atoms. The van der Waals surface area contributed by atoms with Crippen molar-refractivity contribution in [1.29, 1.82) is 0 Å². The number of carboxylic acid groups (broad SMARTS) is 1. The molecule has 0 aliphatic carbocycles. The number of rotatable bonds is 2. The molecule has 0 aliphatic rings. The summed E-state index contributed by atoms with van der Waals surface area (Å²) in [6.45, 7) is 1.70. The van der Waals surface area contributed by atoms with E-state index in [-0.39, 0.29) is 10.7 Å². The van der Waals surface area contributed by atoms with Crippen molar-refractivity contribution in [3.63, 3.8) is 0 Å². The van der Waals surface area contributed by atoms with E-state index in [1.807, 2.05) is 0 Å². The van der Waals surface area contributed by atoms with E-state index in [0.717, 1.165) is 0 Å². The van der Waals surface area contributed by atoms with Crippen LogP contribution in [0.15, 0.2) is 24.4 Å². The van der Waals surface area contributed by atoms with Crippen LogP contribution in [0, 0.1) is 6.92 Å². The summed E-state index contributed by atoms with van der Waals surface area (Å²) in [6.07, 6.45) is -4.18. The van der Waals surface area contributed by atoms with Crippen LogP contribution in [0.25, 0.3) is 5.69 Å². The van der Waals surface area contributed by atoms with E-state index >= 15 is 0 Å². The zero-order valence-corrected chi connectivity index (χ0v) is 10.8. The zero-order chi connectivity index (χ0) is 15.1. The summed E-state index contributed by atoms with van der Waals surface area (Å²) in [6, 6.07) is 4.21. The van der Waals surface area contributed by atoms with Crippen molar-refractivity contribution in [2.45, 2.75) is 13.1 Å². The second kappa shape index (κ2) is 4.82. The van der Waals surface area contributed by atoms with Crippen molar-refractivity contribution in [2.75, 3.05) is 0 Å². The Balaban J connectivity index is 2.68. The zero-order valence-electron chi connectivity index (χ0n) is 10.1. The lowest BCUT2D eigenvalue weighted by Crippen LogP contribution is -2.17. The first-order valence-electron chi connectivity index (χ1n) is 5.37. The average molecular weight is 305 g/mol. The number of nitrogens with zero attached hydrogens (tertiary/aromatic N) is 2. The highest BCUT2D eigenvalue weighted by Gasteiger charge is 2.40. The molecule has 1 N–H and O–H groups in total. The number of carbonyl (C=O) groups is 1. The van der Waals surface area contributed by atoms with Crippen LogP contribution < -0.4 is 0 Å². The number of hydrogen-bond acceptors (Lipinski definition) is 2. The minimum atomic E-state index is -4.85. The monoisotopic (exact) mass is 304 g/mol. The number of hydrogen-bond donors (Lipinski definition) is 1. The molecule has 1 aromatic heterocycles. The number of aromatic nitrogens is 2. The maximum Gasteiger partial charge on any atom is 0.434 e. The summed E-state index contributed by atoms with van der Waals surface area (Å²) in [5.41, 5.74) is -1.52. The lowest BCUT2D eigenvalue weighted by molar-refractivity contribution is -0.143. The quantitative estimate of drug-likeness (QED) is 0.923. The van der Waals surface area contributed by atoms with Gasteiger partial charge < -0.3 is 5.11 Å². The highest BCUT2D eigenvalue weighted by Crippen LogP contribution is 2.34. The Morgan fingerprint density at radius 1 is 1.40 bits per heavy atom. The van der Waals surface area contributed by atoms with Crippen molar-refractivity contribution in [3.05, 3.63) is 46.2 Å². The van der Waals surface area contributed by atoms with Crippen molar-refractivity contribution >= 4 is 17.6 Å². The van der Waals surface area contributed by atoms with Crippen LogP contribution in [-0.2, 0) is 6.18 Å². The van der Waals surface area contributed by atoms with E-state index in [4.69, 9.17) is 16.7 Å². The standard InChI is InChI=1S/C12H8ClF3N2O2/c1-6-2-3-7(4-9(6)13)18-10(12(14,15)16)8(5-17-18)11(19)20/h2-5H,1H3,(H,19,20). The molecule has 106 valence electrons. The Kier molecular flexibility index (Phi) is 3.47. The molecule has 0 saturated heterocycles. The highest BCUT2D eigenvalue weighted by molar-refractivity contribution is 6.31. The summed E-state index contributed by atoms with van der Waals surface area (Å²) in [5.74, 6) is -1.69. The molecule has 0 radical (unpaired) electrons. The first kappa shape index (κ1) is 14.4. The molecule has 0 unspecified atom stereocenters. The van der Waals surface area contributed by atoms with Crippen molar-refractivity contribution in [2.24, 2.45) is 0 Å². The second-order valence-electron chi connectivity index (χ2n) is 4.06. The van der Waals surface area contributed by atoms with E-state index in [1.165, 1.54) is 18.2 Å². The van der Waals surface area contributed by atoms with Gasteiger partial charge in [-0.3, -0.25) is 0 Å².